The molecule has 0 aliphatic heterocycles. The first-order valence-corrected chi connectivity index (χ1v) is 4.51. The molecule has 3 nitrogen and oxygen atoms in total. The fourth-order valence-corrected chi connectivity index (χ4v) is 1.30. The van der Waals surface area contributed by atoms with Gasteiger partial charge in [0.1, 0.15) is 0 Å². The molecule has 1 atom stereocenters. The fraction of sp³-hybridized carbons (Fsp3) is 0.364. The number of methoxy groups -OCH3 is 1. The van der Waals surface area contributed by atoms with Crippen molar-refractivity contribution in [2.75, 3.05) is 13.7 Å². The highest BCUT2D eigenvalue weighted by Gasteiger charge is 2.16. The van der Waals surface area contributed by atoms with Crippen molar-refractivity contribution in [2.45, 2.75) is 13.0 Å². The molecule has 1 rings (SSSR count). The molecule has 14 heavy (non-hydrogen) atoms. The molecule has 0 heterocycles. The van der Waals surface area contributed by atoms with E-state index in [0.29, 0.717) is 5.56 Å². The Bertz CT molecular complexity index is 323. The zero-order valence-electron chi connectivity index (χ0n) is 8.49. The SMILES string of the molecule is COCC(N)C(=O)c1ccccc1C. The van der Waals surface area contributed by atoms with Crippen molar-refractivity contribution in [3.8, 4) is 0 Å². The first-order chi connectivity index (χ1) is 6.66. The summed E-state index contributed by atoms with van der Waals surface area (Å²) in [4.78, 5) is 11.8. The Kier molecular flexibility index (Phi) is 3.80. The molecule has 0 amide bonds. The molecule has 0 bridgehead atoms. The lowest BCUT2D eigenvalue weighted by Gasteiger charge is -2.10. The first-order valence-electron chi connectivity index (χ1n) is 4.51. The minimum absolute atomic E-state index is 0.0649. The van der Waals surface area contributed by atoms with Crippen molar-refractivity contribution in [3.63, 3.8) is 0 Å². The fourth-order valence-electron chi connectivity index (χ4n) is 1.30. The summed E-state index contributed by atoms with van der Waals surface area (Å²) >= 11 is 0. The van der Waals surface area contributed by atoms with Gasteiger partial charge in [-0.2, -0.15) is 0 Å². The van der Waals surface area contributed by atoms with Crippen LogP contribution in [0.15, 0.2) is 24.3 Å². The third-order valence-electron chi connectivity index (χ3n) is 2.09. The van der Waals surface area contributed by atoms with Crippen molar-refractivity contribution in [2.24, 2.45) is 5.73 Å². The number of hydrogen-bond acceptors (Lipinski definition) is 3. The Morgan fingerprint density at radius 3 is 2.71 bits per heavy atom. The second-order valence-corrected chi connectivity index (χ2v) is 3.24. The van der Waals surface area contributed by atoms with Crippen molar-refractivity contribution in [3.05, 3.63) is 35.4 Å². The van der Waals surface area contributed by atoms with Gasteiger partial charge in [0.15, 0.2) is 5.78 Å². The lowest BCUT2D eigenvalue weighted by molar-refractivity contribution is 0.0892. The predicted molar refractivity (Wildman–Crippen MR) is 55.4 cm³/mol. The smallest absolute Gasteiger partial charge is 0.182 e. The summed E-state index contributed by atoms with van der Waals surface area (Å²) in [6.45, 7) is 2.15. The van der Waals surface area contributed by atoms with Gasteiger partial charge in [0.2, 0.25) is 0 Å². The maximum absolute atomic E-state index is 11.8. The maximum atomic E-state index is 11.8. The van der Waals surface area contributed by atoms with Gasteiger partial charge in [0.25, 0.3) is 0 Å². The molecule has 2 N–H and O–H groups in total. The number of benzene rings is 1. The van der Waals surface area contributed by atoms with Gasteiger partial charge in [0.05, 0.1) is 12.6 Å². The van der Waals surface area contributed by atoms with Gasteiger partial charge in [-0.05, 0) is 12.5 Å². The van der Waals surface area contributed by atoms with E-state index in [4.69, 9.17) is 10.5 Å². The Balaban J connectivity index is 2.84. The number of hydrogen-bond donors (Lipinski definition) is 1. The van der Waals surface area contributed by atoms with Crippen molar-refractivity contribution in [1.82, 2.24) is 0 Å². The first kappa shape index (κ1) is 10.9. The third-order valence-corrected chi connectivity index (χ3v) is 2.09. The van der Waals surface area contributed by atoms with Crippen molar-refractivity contribution < 1.29 is 9.53 Å². The van der Waals surface area contributed by atoms with Gasteiger partial charge >= 0.3 is 0 Å². The summed E-state index contributed by atoms with van der Waals surface area (Å²) in [6.07, 6.45) is 0. The summed E-state index contributed by atoms with van der Waals surface area (Å²) in [5.41, 5.74) is 7.28. The van der Waals surface area contributed by atoms with E-state index in [1.54, 1.807) is 6.07 Å². The highest BCUT2D eigenvalue weighted by Crippen LogP contribution is 2.09. The number of ether oxygens (including phenoxy) is 1. The second-order valence-electron chi connectivity index (χ2n) is 3.24. The average molecular weight is 193 g/mol. The summed E-state index contributed by atoms with van der Waals surface area (Å²) in [5.74, 6) is -0.0649. The van der Waals surface area contributed by atoms with E-state index in [2.05, 4.69) is 0 Å². The van der Waals surface area contributed by atoms with Crippen molar-refractivity contribution >= 4 is 5.78 Å². The topological polar surface area (TPSA) is 52.3 Å². The quantitative estimate of drug-likeness (QED) is 0.730. The standard InChI is InChI=1S/C11H15NO2/c1-8-5-3-4-6-9(8)11(13)10(12)7-14-2/h3-6,10H,7,12H2,1-2H3. The van der Waals surface area contributed by atoms with Gasteiger partial charge in [-0.3, -0.25) is 4.79 Å². The zero-order chi connectivity index (χ0) is 10.6. The predicted octanol–water partition coefficient (Wildman–Crippen LogP) is 1.15. The summed E-state index contributed by atoms with van der Waals surface area (Å²) < 4.78 is 4.84. The molecular formula is C11H15NO2. The third kappa shape index (κ3) is 2.40. The van der Waals surface area contributed by atoms with Crippen LogP contribution in [0.4, 0.5) is 0 Å². The van der Waals surface area contributed by atoms with Crippen LogP contribution in [0.3, 0.4) is 0 Å². The van der Waals surface area contributed by atoms with Crippen LogP contribution in [0.25, 0.3) is 0 Å². The van der Waals surface area contributed by atoms with Crippen LogP contribution in [0.2, 0.25) is 0 Å². The average Bonchev–Trinajstić information content (AvgIpc) is 2.18. The van der Waals surface area contributed by atoms with E-state index in [9.17, 15) is 4.79 Å². The molecule has 1 unspecified atom stereocenters. The monoisotopic (exact) mass is 193 g/mol. The summed E-state index contributed by atoms with van der Waals surface area (Å²) in [7, 11) is 1.53. The van der Waals surface area contributed by atoms with E-state index < -0.39 is 6.04 Å². The molecule has 0 aliphatic carbocycles. The second kappa shape index (κ2) is 4.88. The minimum atomic E-state index is -0.568. The Hall–Kier alpha value is -1.19. The molecule has 0 aromatic heterocycles. The molecule has 0 saturated carbocycles. The van der Waals surface area contributed by atoms with Crippen LogP contribution < -0.4 is 5.73 Å². The molecule has 76 valence electrons. The molecule has 0 aliphatic rings. The van der Waals surface area contributed by atoms with Gasteiger partial charge in [-0.25, -0.2) is 0 Å². The number of carbonyl (C=O) groups is 1. The van der Waals surface area contributed by atoms with E-state index in [1.807, 2.05) is 25.1 Å². The Morgan fingerprint density at radius 2 is 2.14 bits per heavy atom. The van der Waals surface area contributed by atoms with E-state index >= 15 is 0 Å². The lowest BCUT2D eigenvalue weighted by Crippen LogP contribution is -2.35. The molecule has 1 aromatic carbocycles. The highest BCUT2D eigenvalue weighted by molar-refractivity contribution is 6.01. The van der Waals surface area contributed by atoms with Crippen LogP contribution in [0, 0.1) is 6.92 Å². The number of rotatable bonds is 4. The van der Waals surface area contributed by atoms with Crippen molar-refractivity contribution in [1.29, 1.82) is 0 Å². The van der Waals surface area contributed by atoms with E-state index in [-0.39, 0.29) is 12.4 Å². The Labute approximate surface area is 83.9 Å². The molecule has 3 heteroatoms. The van der Waals surface area contributed by atoms with Gasteiger partial charge in [-0.1, -0.05) is 24.3 Å². The Morgan fingerprint density at radius 1 is 1.50 bits per heavy atom. The molecule has 0 spiro atoms. The van der Waals surface area contributed by atoms with E-state index in [0.717, 1.165) is 5.56 Å². The van der Waals surface area contributed by atoms with Crippen LogP contribution in [0.1, 0.15) is 15.9 Å². The van der Waals surface area contributed by atoms with E-state index in [1.165, 1.54) is 7.11 Å². The number of carbonyl (C=O) groups excluding carboxylic acids is 1. The lowest BCUT2D eigenvalue weighted by atomic mass is 10.0. The molecular weight excluding hydrogens is 178 g/mol. The number of ketones is 1. The van der Waals surface area contributed by atoms with Crippen LogP contribution in [-0.4, -0.2) is 25.5 Å². The normalized spacial score (nSPS) is 12.5. The minimum Gasteiger partial charge on any atom is -0.383 e. The zero-order valence-corrected chi connectivity index (χ0v) is 8.49. The number of aryl methyl sites for hydroxylation is 1. The molecule has 0 saturated heterocycles. The van der Waals surface area contributed by atoms with Crippen LogP contribution in [0.5, 0.6) is 0 Å². The summed E-state index contributed by atoms with van der Waals surface area (Å²) in [6, 6.07) is 6.84. The molecule has 0 radical (unpaired) electrons. The molecule has 0 fully saturated rings. The van der Waals surface area contributed by atoms with Gasteiger partial charge < -0.3 is 10.5 Å². The number of Topliss-reactive ketones (excluding diaryl/α,β-unsaturated/α-hetero) is 1. The van der Waals surface area contributed by atoms with Crippen LogP contribution >= 0.6 is 0 Å². The number of nitrogens with two attached hydrogens (primary N) is 1. The van der Waals surface area contributed by atoms with Gasteiger partial charge in [0, 0.05) is 12.7 Å². The van der Waals surface area contributed by atoms with Crippen LogP contribution in [-0.2, 0) is 4.74 Å². The summed E-state index contributed by atoms with van der Waals surface area (Å²) in [5, 5.41) is 0. The largest absolute Gasteiger partial charge is 0.383 e. The maximum Gasteiger partial charge on any atom is 0.182 e. The van der Waals surface area contributed by atoms with Gasteiger partial charge in [-0.15, -0.1) is 0 Å². The molecule has 1 aromatic rings. The highest BCUT2D eigenvalue weighted by atomic mass is 16.5.